The first-order chi connectivity index (χ1) is 15.9. The van der Waals surface area contributed by atoms with E-state index in [1.165, 1.54) is 11.1 Å². The molecular formula is C25H32N2O7. The Labute approximate surface area is 199 Å². The number of esters is 1. The van der Waals surface area contributed by atoms with Crippen LogP contribution in [0, 0.1) is 11.8 Å². The summed E-state index contributed by atoms with van der Waals surface area (Å²) in [6, 6.07) is 8.01. The first-order valence-electron chi connectivity index (χ1n) is 11.3. The second kappa shape index (κ2) is 9.87. The summed E-state index contributed by atoms with van der Waals surface area (Å²) < 4.78 is 16.8. The molecule has 9 nitrogen and oxygen atoms in total. The van der Waals surface area contributed by atoms with E-state index in [-0.39, 0.29) is 31.1 Å². The molecular weight excluding hydrogens is 440 g/mol. The molecule has 1 aromatic carbocycles. The van der Waals surface area contributed by atoms with E-state index < -0.39 is 41.1 Å². The number of hydrogen-bond acceptors (Lipinski definition) is 7. The number of nitrogens with zero attached hydrogens (tertiary/aromatic N) is 2. The van der Waals surface area contributed by atoms with E-state index in [1.807, 2.05) is 32.0 Å². The number of carboxylic acid groups (broad SMARTS) is 1. The van der Waals surface area contributed by atoms with Gasteiger partial charge in [-0.05, 0) is 45.1 Å². The molecule has 9 heteroatoms. The minimum atomic E-state index is -1.56. The highest BCUT2D eigenvalue weighted by Crippen LogP contribution is 2.51. The van der Waals surface area contributed by atoms with Crippen molar-refractivity contribution in [3.05, 3.63) is 54.2 Å². The van der Waals surface area contributed by atoms with Crippen LogP contribution in [0.2, 0.25) is 0 Å². The summed E-state index contributed by atoms with van der Waals surface area (Å²) in [5, 5.41) is 10.1. The van der Waals surface area contributed by atoms with Gasteiger partial charge < -0.3 is 19.0 Å². The Hall–Kier alpha value is -3.36. The molecule has 1 aromatic heterocycles. The number of carbonyl (C=O) groups is 3. The molecule has 1 fully saturated rings. The fraction of sp³-hybridized carbons (Fsp3) is 0.520. The maximum atomic E-state index is 13.7. The third-order valence-corrected chi connectivity index (χ3v) is 5.66. The molecule has 34 heavy (non-hydrogen) atoms. The minimum Gasteiger partial charge on any atom is -0.481 e. The Kier molecular flexibility index (Phi) is 7.33. The van der Waals surface area contributed by atoms with Crippen molar-refractivity contribution < 1.29 is 33.4 Å². The number of likely N-dealkylation sites (tertiary alicyclic amines) is 1. The van der Waals surface area contributed by atoms with Gasteiger partial charge in [-0.3, -0.25) is 9.69 Å². The number of benzene rings is 1. The molecule has 0 bridgehead atoms. The van der Waals surface area contributed by atoms with Crippen LogP contribution in [0.25, 0.3) is 0 Å². The van der Waals surface area contributed by atoms with Gasteiger partial charge in [-0.2, -0.15) is 0 Å². The number of carboxylic acids is 1. The van der Waals surface area contributed by atoms with Crippen molar-refractivity contribution in [2.45, 2.75) is 71.2 Å². The molecule has 2 aromatic rings. The molecule has 2 heterocycles. The highest BCUT2D eigenvalue weighted by Gasteiger charge is 2.63. The number of rotatable bonds is 7. The lowest BCUT2D eigenvalue weighted by atomic mass is 9.83. The number of aromatic nitrogens is 1. The Morgan fingerprint density at radius 2 is 1.91 bits per heavy atom. The molecule has 0 saturated carbocycles. The predicted octanol–water partition coefficient (Wildman–Crippen LogP) is 4.59. The van der Waals surface area contributed by atoms with Crippen LogP contribution in [0.1, 0.15) is 64.8 Å². The Bertz CT molecular complexity index is 998. The van der Waals surface area contributed by atoms with E-state index in [9.17, 15) is 19.5 Å². The molecule has 0 spiro atoms. The van der Waals surface area contributed by atoms with E-state index in [4.69, 9.17) is 13.9 Å². The number of hydrogen-bond donors (Lipinski definition) is 1. The topological polar surface area (TPSA) is 119 Å². The van der Waals surface area contributed by atoms with Gasteiger partial charge in [0.2, 0.25) is 0 Å². The average Bonchev–Trinajstić information content (AvgIpc) is 3.38. The summed E-state index contributed by atoms with van der Waals surface area (Å²) in [7, 11) is 0. The zero-order valence-electron chi connectivity index (χ0n) is 20.2. The fourth-order valence-corrected chi connectivity index (χ4v) is 4.51. The van der Waals surface area contributed by atoms with Crippen LogP contribution in [-0.4, -0.2) is 44.2 Å². The lowest BCUT2D eigenvalue weighted by Gasteiger charge is -2.40. The van der Waals surface area contributed by atoms with Gasteiger partial charge in [0.1, 0.15) is 29.5 Å². The maximum absolute atomic E-state index is 13.7. The molecule has 3 atom stereocenters. The number of aliphatic carboxylic acids is 1. The van der Waals surface area contributed by atoms with Gasteiger partial charge in [0.15, 0.2) is 6.39 Å². The smallest absolute Gasteiger partial charge is 0.411 e. The second-order valence-corrected chi connectivity index (χ2v) is 10.0. The van der Waals surface area contributed by atoms with E-state index in [0.717, 1.165) is 12.0 Å². The Morgan fingerprint density at radius 3 is 2.44 bits per heavy atom. The van der Waals surface area contributed by atoms with Crippen molar-refractivity contribution in [3.8, 4) is 0 Å². The quantitative estimate of drug-likeness (QED) is 0.581. The zero-order chi connectivity index (χ0) is 25.1. The Balaban J connectivity index is 2.10. The molecule has 3 unspecified atom stereocenters. The standard InChI is InChI=1S/C25H32N2O7/c1-16(2)11-25(22(30)34-24(3,4)5)12-18(21(28)29)20(19-13-26-15-33-19)27(25)23(31)32-14-17-9-7-6-8-10-17/h6-10,13,15-16,18,20H,11-12,14H2,1-5H3,(H,28,29). The molecule has 0 radical (unpaired) electrons. The largest absolute Gasteiger partial charge is 0.481 e. The summed E-state index contributed by atoms with van der Waals surface area (Å²) in [6.45, 7) is 8.94. The molecule has 1 amide bonds. The highest BCUT2D eigenvalue weighted by atomic mass is 16.6. The van der Waals surface area contributed by atoms with Crippen molar-refractivity contribution in [1.82, 2.24) is 9.88 Å². The fourth-order valence-electron chi connectivity index (χ4n) is 4.51. The van der Waals surface area contributed by atoms with Crippen molar-refractivity contribution in [1.29, 1.82) is 0 Å². The van der Waals surface area contributed by atoms with E-state index in [1.54, 1.807) is 32.9 Å². The summed E-state index contributed by atoms with van der Waals surface area (Å²) >= 11 is 0. The van der Waals surface area contributed by atoms with Gasteiger partial charge >= 0.3 is 18.0 Å². The summed E-state index contributed by atoms with van der Waals surface area (Å²) in [6.07, 6.45) is 1.76. The van der Waals surface area contributed by atoms with Gasteiger partial charge in [-0.25, -0.2) is 14.6 Å². The molecule has 3 rings (SSSR count). The first kappa shape index (κ1) is 25.3. The lowest BCUT2D eigenvalue weighted by Crippen LogP contribution is -2.56. The van der Waals surface area contributed by atoms with Crippen LogP contribution in [0.4, 0.5) is 4.79 Å². The van der Waals surface area contributed by atoms with Gasteiger partial charge in [-0.15, -0.1) is 0 Å². The number of carbonyl (C=O) groups excluding carboxylic acids is 2. The van der Waals surface area contributed by atoms with Gasteiger partial charge in [0.05, 0.1) is 12.1 Å². The molecule has 1 aliphatic heterocycles. The van der Waals surface area contributed by atoms with Crippen LogP contribution in [0.5, 0.6) is 0 Å². The second-order valence-electron chi connectivity index (χ2n) is 10.0. The monoisotopic (exact) mass is 472 g/mol. The van der Waals surface area contributed by atoms with E-state index in [0.29, 0.717) is 0 Å². The van der Waals surface area contributed by atoms with E-state index >= 15 is 0 Å². The normalized spacial score (nSPS) is 22.6. The van der Waals surface area contributed by atoms with Crippen molar-refractivity contribution in [2.75, 3.05) is 0 Å². The molecule has 1 aliphatic rings. The zero-order valence-corrected chi connectivity index (χ0v) is 20.2. The Morgan fingerprint density at radius 1 is 1.24 bits per heavy atom. The molecule has 0 aliphatic carbocycles. The van der Waals surface area contributed by atoms with Crippen molar-refractivity contribution >= 4 is 18.0 Å². The van der Waals surface area contributed by atoms with Gasteiger partial charge in [0, 0.05) is 0 Å². The summed E-state index contributed by atoms with van der Waals surface area (Å²) in [5.41, 5.74) is -1.65. The summed E-state index contributed by atoms with van der Waals surface area (Å²) in [4.78, 5) is 44.7. The lowest BCUT2D eigenvalue weighted by molar-refractivity contribution is -0.169. The van der Waals surface area contributed by atoms with Gasteiger partial charge in [-0.1, -0.05) is 44.2 Å². The van der Waals surface area contributed by atoms with E-state index in [2.05, 4.69) is 4.98 Å². The molecule has 1 saturated heterocycles. The minimum absolute atomic E-state index is 0.0386. The maximum Gasteiger partial charge on any atom is 0.411 e. The van der Waals surface area contributed by atoms with Gasteiger partial charge in [0.25, 0.3) is 0 Å². The third-order valence-electron chi connectivity index (χ3n) is 5.66. The number of amides is 1. The van der Waals surface area contributed by atoms with Crippen LogP contribution in [0.15, 0.2) is 47.3 Å². The third kappa shape index (κ3) is 5.40. The van der Waals surface area contributed by atoms with Crippen LogP contribution < -0.4 is 0 Å². The SMILES string of the molecule is CC(C)CC1(C(=O)OC(C)(C)C)CC(C(=O)O)C(c2cnco2)N1C(=O)OCc1ccccc1. The number of ether oxygens (including phenoxy) is 2. The van der Waals surface area contributed by atoms with Crippen LogP contribution in [0.3, 0.4) is 0 Å². The van der Waals surface area contributed by atoms with Crippen LogP contribution in [-0.2, 0) is 25.7 Å². The molecule has 1 N–H and O–H groups in total. The summed E-state index contributed by atoms with van der Waals surface area (Å²) in [5.74, 6) is -2.84. The first-order valence-corrected chi connectivity index (χ1v) is 11.3. The average molecular weight is 473 g/mol. The predicted molar refractivity (Wildman–Crippen MR) is 121 cm³/mol. The van der Waals surface area contributed by atoms with Crippen molar-refractivity contribution in [2.24, 2.45) is 11.8 Å². The highest BCUT2D eigenvalue weighted by molar-refractivity contribution is 5.89. The number of oxazole rings is 1. The van der Waals surface area contributed by atoms with Crippen molar-refractivity contribution in [3.63, 3.8) is 0 Å². The van der Waals surface area contributed by atoms with Crippen LogP contribution >= 0.6 is 0 Å². The molecule has 184 valence electrons.